The number of hydrogen-bond donors (Lipinski definition) is 2. The van der Waals surface area contributed by atoms with E-state index in [0.717, 1.165) is 29.7 Å². The van der Waals surface area contributed by atoms with E-state index in [1.165, 1.54) is 0 Å². The van der Waals surface area contributed by atoms with Crippen LogP contribution in [-0.2, 0) is 0 Å². The number of rotatable bonds is 5. The predicted octanol–water partition coefficient (Wildman–Crippen LogP) is 1.60. The number of imidazole rings is 1. The van der Waals surface area contributed by atoms with Gasteiger partial charge in [0.05, 0.1) is 5.69 Å². The maximum Gasteiger partial charge on any atom is 0.708 e. The van der Waals surface area contributed by atoms with Gasteiger partial charge in [-0.25, -0.2) is 4.98 Å². The van der Waals surface area contributed by atoms with Crippen molar-refractivity contribution in [2.45, 2.75) is 46.5 Å². The van der Waals surface area contributed by atoms with Crippen molar-refractivity contribution < 1.29 is 14.7 Å². The van der Waals surface area contributed by atoms with Gasteiger partial charge in [0.2, 0.25) is 5.88 Å². The number of aryl methyl sites for hydroxylation is 2. The average molecular weight is 277 g/mol. The van der Waals surface area contributed by atoms with E-state index in [9.17, 15) is 0 Å². The summed E-state index contributed by atoms with van der Waals surface area (Å²) in [5.74, 6) is 0.666. The Hall–Kier alpha value is -1.60. The molecule has 0 aliphatic carbocycles. The van der Waals surface area contributed by atoms with Crippen molar-refractivity contribution in [3.05, 3.63) is 23.0 Å². The first-order chi connectivity index (χ1) is 9.47. The maximum atomic E-state index is 9.01. The van der Waals surface area contributed by atoms with Gasteiger partial charge in [-0.15, -0.1) is 0 Å². The van der Waals surface area contributed by atoms with E-state index < -0.39 is 7.32 Å². The molecule has 7 heteroatoms. The number of aromatic nitrogens is 3. The zero-order valence-electron chi connectivity index (χ0n) is 12.3. The van der Waals surface area contributed by atoms with Gasteiger partial charge in [0, 0.05) is 5.56 Å². The van der Waals surface area contributed by atoms with Crippen molar-refractivity contribution in [1.82, 2.24) is 14.6 Å². The molecule has 0 amide bonds. The molecule has 0 spiro atoms. The van der Waals surface area contributed by atoms with Gasteiger partial charge in [-0.05, 0) is 38.7 Å². The molecule has 0 aliphatic heterocycles. The normalized spacial score (nSPS) is 11.3. The van der Waals surface area contributed by atoms with Gasteiger partial charge in [-0.3, -0.25) is 0 Å². The summed E-state index contributed by atoms with van der Waals surface area (Å²) in [5.41, 5.74) is 3.27. The van der Waals surface area contributed by atoms with Crippen LogP contribution in [0.15, 0.2) is 6.07 Å². The second-order valence-corrected chi connectivity index (χ2v) is 4.94. The lowest BCUT2D eigenvalue weighted by Crippen LogP contribution is -2.22. The third-order valence-corrected chi connectivity index (χ3v) is 3.50. The summed E-state index contributed by atoms with van der Waals surface area (Å²) in [6, 6.07) is 2.04. The molecule has 0 aromatic carbocycles. The molecule has 0 aliphatic rings. The molecule has 0 fully saturated rings. The van der Waals surface area contributed by atoms with Crippen LogP contribution in [0.4, 0.5) is 0 Å². The molecular weight excluding hydrogens is 257 g/mol. The molecule has 2 aromatic rings. The summed E-state index contributed by atoms with van der Waals surface area (Å²) in [4.78, 5) is 4.48. The highest BCUT2D eigenvalue weighted by Gasteiger charge is 2.22. The number of nitrogens with zero attached hydrogens (tertiary/aromatic N) is 3. The fourth-order valence-corrected chi connectivity index (χ4v) is 2.52. The van der Waals surface area contributed by atoms with Gasteiger partial charge in [0.15, 0.2) is 5.65 Å². The molecule has 0 saturated carbocycles. The van der Waals surface area contributed by atoms with Crippen molar-refractivity contribution in [3.8, 4) is 5.88 Å². The summed E-state index contributed by atoms with van der Waals surface area (Å²) in [7, 11) is -1.88. The third-order valence-electron chi connectivity index (χ3n) is 3.50. The Balaban J connectivity index is 2.66. The van der Waals surface area contributed by atoms with E-state index in [1.807, 2.05) is 13.0 Å². The van der Waals surface area contributed by atoms with Crippen LogP contribution in [0.5, 0.6) is 5.88 Å². The summed E-state index contributed by atoms with van der Waals surface area (Å²) >= 11 is 0. The molecule has 0 bridgehead atoms. The second-order valence-electron chi connectivity index (χ2n) is 4.94. The Kier molecular flexibility index (Phi) is 4.30. The Morgan fingerprint density at radius 3 is 2.50 bits per heavy atom. The Morgan fingerprint density at radius 1 is 1.30 bits per heavy atom. The second kappa shape index (κ2) is 5.81. The first-order valence-electron chi connectivity index (χ1n) is 6.87. The molecule has 0 unspecified atom stereocenters. The fourth-order valence-electron chi connectivity index (χ4n) is 2.52. The van der Waals surface area contributed by atoms with E-state index in [1.54, 1.807) is 11.4 Å². The Bertz CT molecular complexity index is 608. The standard InChI is InChI=1S/C13H20BN3O3/c1-5-10(6-2)11-7-8(3)16-17-12(11)15-9(4)13(17)20-14(18)19/h7,10,18-19H,5-6H2,1-4H3. The largest absolute Gasteiger partial charge is 0.708 e. The molecule has 2 heterocycles. The molecule has 108 valence electrons. The van der Waals surface area contributed by atoms with E-state index in [4.69, 9.17) is 14.7 Å². The van der Waals surface area contributed by atoms with Crippen LogP contribution < -0.4 is 4.65 Å². The van der Waals surface area contributed by atoms with Gasteiger partial charge < -0.3 is 14.7 Å². The fraction of sp³-hybridized carbons (Fsp3) is 0.538. The topological polar surface area (TPSA) is 79.9 Å². The van der Waals surface area contributed by atoms with Gasteiger partial charge in [-0.2, -0.15) is 9.61 Å². The molecule has 0 atom stereocenters. The van der Waals surface area contributed by atoms with Crippen LogP contribution >= 0.6 is 0 Å². The van der Waals surface area contributed by atoms with Crippen molar-refractivity contribution in [2.75, 3.05) is 0 Å². The lowest BCUT2D eigenvalue weighted by Gasteiger charge is -2.14. The van der Waals surface area contributed by atoms with Crippen molar-refractivity contribution in [2.24, 2.45) is 0 Å². The summed E-state index contributed by atoms with van der Waals surface area (Å²) in [6.45, 7) is 7.95. The van der Waals surface area contributed by atoms with Gasteiger partial charge >= 0.3 is 7.32 Å². The first kappa shape index (κ1) is 14.8. The van der Waals surface area contributed by atoms with Crippen LogP contribution in [0.25, 0.3) is 5.65 Å². The molecule has 0 radical (unpaired) electrons. The van der Waals surface area contributed by atoms with Crippen molar-refractivity contribution in [1.29, 1.82) is 0 Å². The average Bonchev–Trinajstić information content (AvgIpc) is 2.68. The van der Waals surface area contributed by atoms with Gasteiger partial charge in [0.25, 0.3) is 0 Å². The first-order valence-corrected chi connectivity index (χ1v) is 6.87. The molecule has 2 N–H and O–H groups in total. The van der Waals surface area contributed by atoms with Crippen molar-refractivity contribution >= 4 is 13.0 Å². The van der Waals surface area contributed by atoms with Crippen LogP contribution in [0.2, 0.25) is 0 Å². The van der Waals surface area contributed by atoms with Gasteiger partial charge in [0.1, 0.15) is 5.69 Å². The summed E-state index contributed by atoms with van der Waals surface area (Å²) in [5, 5.41) is 22.4. The lowest BCUT2D eigenvalue weighted by atomic mass is 9.95. The van der Waals surface area contributed by atoms with Gasteiger partial charge in [-0.1, -0.05) is 13.8 Å². The highest BCUT2D eigenvalue weighted by molar-refractivity contribution is 6.33. The minimum atomic E-state index is -1.88. The SMILES string of the molecule is CCC(CC)c1cc(C)nn2c(OB(O)O)c(C)nc12. The van der Waals surface area contributed by atoms with Crippen molar-refractivity contribution in [3.63, 3.8) is 0 Å². The number of hydrogen-bond acceptors (Lipinski definition) is 5. The third kappa shape index (κ3) is 2.64. The molecular formula is C13H20BN3O3. The Morgan fingerprint density at radius 2 is 1.95 bits per heavy atom. The smallest absolute Gasteiger partial charge is 0.496 e. The minimum Gasteiger partial charge on any atom is -0.496 e. The van der Waals surface area contributed by atoms with E-state index in [-0.39, 0.29) is 5.88 Å². The van der Waals surface area contributed by atoms with E-state index in [0.29, 0.717) is 11.6 Å². The molecule has 2 rings (SSSR count). The number of fused-ring (bicyclic) bond motifs is 1. The van der Waals surface area contributed by atoms with Crippen LogP contribution in [0, 0.1) is 13.8 Å². The Labute approximate surface area is 118 Å². The van der Waals surface area contributed by atoms with Crippen LogP contribution in [0.3, 0.4) is 0 Å². The molecule has 6 nitrogen and oxygen atoms in total. The summed E-state index contributed by atoms with van der Waals surface area (Å²) in [6.07, 6.45) is 2.03. The van der Waals surface area contributed by atoms with E-state index in [2.05, 4.69) is 23.9 Å². The monoisotopic (exact) mass is 277 g/mol. The quantitative estimate of drug-likeness (QED) is 0.811. The zero-order chi connectivity index (χ0) is 14.9. The predicted molar refractivity (Wildman–Crippen MR) is 76.6 cm³/mol. The summed E-state index contributed by atoms with van der Waals surface area (Å²) < 4.78 is 6.56. The molecule has 0 saturated heterocycles. The molecule has 20 heavy (non-hydrogen) atoms. The lowest BCUT2D eigenvalue weighted by molar-refractivity contribution is 0.279. The molecule has 2 aromatic heterocycles. The zero-order valence-corrected chi connectivity index (χ0v) is 12.3. The maximum absolute atomic E-state index is 9.01. The highest BCUT2D eigenvalue weighted by Crippen LogP contribution is 2.30. The van der Waals surface area contributed by atoms with E-state index >= 15 is 0 Å². The van der Waals surface area contributed by atoms with Crippen LogP contribution in [0.1, 0.15) is 49.6 Å². The highest BCUT2D eigenvalue weighted by atomic mass is 16.6. The van der Waals surface area contributed by atoms with Crippen LogP contribution in [-0.4, -0.2) is 32.0 Å². The minimum absolute atomic E-state index is 0.269.